The van der Waals surface area contributed by atoms with Crippen molar-refractivity contribution >= 4 is 33.7 Å². The molecule has 9 heteroatoms. The Bertz CT molecular complexity index is 673. The van der Waals surface area contributed by atoms with Gasteiger partial charge in [0.05, 0.1) is 6.07 Å². The monoisotopic (exact) mass is 397 g/mol. The van der Waals surface area contributed by atoms with E-state index < -0.39 is 36.5 Å². The molecule has 8 nitrogen and oxygen atoms in total. The zero-order valence-corrected chi connectivity index (χ0v) is 14.3. The first-order chi connectivity index (χ1) is 11.4. The van der Waals surface area contributed by atoms with Crippen molar-refractivity contribution in [2.75, 3.05) is 13.2 Å². The summed E-state index contributed by atoms with van der Waals surface area (Å²) in [5.41, 5.74) is -0.857. The standard InChI is InChI=1S/C15H16BrN3O5/c16-11-4-3-10(24-11)14(22)18-7-13(21)23-8-12(20)19-15(9-17)5-1-2-6-15/h3-4H,1-2,5-8H2,(H,18,22)(H,19,20). The van der Waals surface area contributed by atoms with Gasteiger partial charge < -0.3 is 19.8 Å². The fraction of sp³-hybridized carbons (Fsp3) is 0.467. The zero-order chi connectivity index (χ0) is 17.6. The Hall–Kier alpha value is -2.34. The lowest BCUT2D eigenvalue weighted by molar-refractivity contribution is -0.147. The van der Waals surface area contributed by atoms with Crippen molar-refractivity contribution in [1.29, 1.82) is 5.26 Å². The number of furan rings is 1. The summed E-state index contributed by atoms with van der Waals surface area (Å²) in [5.74, 6) is -1.82. The minimum Gasteiger partial charge on any atom is -0.454 e. The molecule has 1 aliphatic rings. The molecule has 0 saturated heterocycles. The van der Waals surface area contributed by atoms with Crippen LogP contribution in [0.3, 0.4) is 0 Å². The van der Waals surface area contributed by atoms with Crippen LogP contribution in [0.15, 0.2) is 21.2 Å². The Labute approximate surface area is 146 Å². The van der Waals surface area contributed by atoms with Crippen LogP contribution in [-0.2, 0) is 14.3 Å². The number of carbonyl (C=O) groups is 3. The van der Waals surface area contributed by atoms with Crippen molar-refractivity contribution in [1.82, 2.24) is 10.6 Å². The summed E-state index contributed by atoms with van der Waals surface area (Å²) >= 11 is 3.06. The van der Waals surface area contributed by atoms with Crippen LogP contribution < -0.4 is 10.6 Å². The van der Waals surface area contributed by atoms with Crippen LogP contribution >= 0.6 is 15.9 Å². The van der Waals surface area contributed by atoms with Crippen LogP contribution in [0.2, 0.25) is 0 Å². The molecule has 1 aromatic heterocycles. The average Bonchev–Trinajstić information content (AvgIpc) is 3.20. The van der Waals surface area contributed by atoms with Gasteiger partial charge in [-0.1, -0.05) is 0 Å². The molecule has 1 fully saturated rings. The number of nitriles is 1. The number of hydrogen-bond acceptors (Lipinski definition) is 6. The number of nitrogens with zero attached hydrogens (tertiary/aromatic N) is 1. The van der Waals surface area contributed by atoms with Crippen molar-refractivity contribution in [3.05, 3.63) is 22.6 Å². The third-order valence-corrected chi connectivity index (χ3v) is 4.03. The normalized spacial score (nSPS) is 15.3. The number of halogens is 1. The maximum absolute atomic E-state index is 11.8. The van der Waals surface area contributed by atoms with Gasteiger partial charge in [0, 0.05) is 0 Å². The van der Waals surface area contributed by atoms with Crippen LogP contribution in [0.5, 0.6) is 0 Å². The highest BCUT2D eigenvalue weighted by Gasteiger charge is 2.35. The lowest BCUT2D eigenvalue weighted by atomic mass is 10.00. The van der Waals surface area contributed by atoms with Crippen LogP contribution in [0.4, 0.5) is 0 Å². The number of rotatable bonds is 6. The summed E-state index contributed by atoms with van der Waals surface area (Å²) in [7, 11) is 0. The van der Waals surface area contributed by atoms with E-state index in [1.54, 1.807) is 6.07 Å². The van der Waals surface area contributed by atoms with E-state index >= 15 is 0 Å². The molecular formula is C15H16BrN3O5. The maximum Gasteiger partial charge on any atom is 0.325 e. The highest BCUT2D eigenvalue weighted by atomic mass is 79.9. The fourth-order valence-corrected chi connectivity index (χ4v) is 2.73. The lowest BCUT2D eigenvalue weighted by Gasteiger charge is -2.21. The molecule has 1 aliphatic carbocycles. The van der Waals surface area contributed by atoms with Crippen molar-refractivity contribution in [3.63, 3.8) is 0 Å². The topological polar surface area (TPSA) is 121 Å². The summed E-state index contributed by atoms with van der Waals surface area (Å²) in [6, 6.07) is 5.11. The first kappa shape index (κ1) is 18.0. The summed E-state index contributed by atoms with van der Waals surface area (Å²) in [6.45, 7) is -0.891. The Morgan fingerprint density at radius 1 is 1.33 bits per heavy atom. The summed E-state index contributed by atoms with van der Waals surface area (Å²) in [6.07, 6.45) is 2.95. The summed E-state index contributed by atoms with van der Waals surface area (Å²) in [4.78, 5) is 35.0. The molecule has 0 spiro atoms. The number of ether oxygens (including phenoxy) is 1. The van der Waals surface area contributed by atoms with Gasteiger partial charge in [0.2, 0.25) is 0 Å². The van der Waals surface area contributed by atoms with Gasteiger partial charge in [-0.05, 0) is 53.7 Å². The van der Waals surface area contributed by atoms with E-state index in [0.717, 1.165) is 12.8 Å². The molecule has 1 heterocycles. The van der Waals surface area contributed by atoms with E-state index in [1.807, 2.05) is 0 Å². The number of carbonyl (C=O) groups excluding carboxylic acids is 3. The van der Waals surface area contributed by atoms with Crippen LogP contribution in [0.25, 0.3) is 0 Å². The van der Waals surface area contributed by atoms with Crippen molar-refractivity contribution in [3.8, 4) is 6.07 Å². The molecule has 128 valence electrons. The number of amides is 2. The van der Waals surface area contributed by atoms with E-state index in [9.17, 15) is 14.4 Å². The molecule has 1 saturated carbocycles. The largest absolute Gasteiger partial charge is 0.454 e. The highest BCUT2D eigenvalue weighted by Crippen LogP contribution is 2.28. The molecule has 24 heavy (non-hydrogen) atoms. The minimum absolute atomic E-state index is 0.0459. The molecule has 0 bridgehead atoms. The maximum atomic E-state index is 11.8. The first-order valence-electron chi connectivity index (χ1n) is 7.35. The van der Waals surface area contributed by atoms with E-state index in [1.165, 1.54) is 6.07 Å². The Balaban J connectivity index is 1.70. The average molecular weight is 398 g/mol. The van der Waals surface area contributed by atoms with Crippen LogP contribution in [0, 0.1) is 11.3 Å². The number of esters is 1. The van der Waals surface area contributed by atoms with Gasteiger partial charge in [0.15, 0.2) is 17.0 Å². The van der Waals surface area contributed by atoms with Gasteiger partial charge in [0.1, 0.15) is 12.1 Å². The predicted octanol–water partition coefficient (Wildman–Crippen LogP) is 1.27. The summed E-state index contributed by atoms with van der Waals surface area (Å²) < 4.78 is 10.2. The third kappa shape index (κ3) is 4.83. The smallest absolute Gasteiger partial charge is 0.325 e. The van der Waals surface area contributed by atoms with Crippen LogP contribution in [-0.4, -0.2) is 36.5 Å². The molecule has 0 unspecified atom stereocenters. The third-order valence-electron chi connectivity index (χ3n) is 3.60. The van der Waals surface area contributed by atoms with Gasteiger partial charge in [0.25, 0.3) is 11.8 Å². The molecule has 2 amide bonds. The molecule has 1 aromatic rings. The molecule has 0 radical (unpaired) electrons. The molecular weight excluding hydrogens is 382 g/mol. The SMILES string of the molecule is N#CC1(NC(=O)COC(=O)CNC(=O)c2ccc(Br)o2)CCCC1. The highest BCUT2D eigenvalue weighted by molar-refractivity contribution is 9.10. The molecule has 0 aromatic carbocycles. The second-order valence-electron chi connectivity index (χ2n) is 5.40. The Morgan fingerprint density at radius 3 is 2.62 bits per heavy atom. The summed E-state index contributed by atoms with van der Waals surface area (Å²) in [5, 5.41) is 14.1. The molecule has 2 rings (SSSR count). The van der Waals surface area contributed by atoms with Gasteiger partial charge >= 0.3 is 5.97 Å². The van der Waals surface area contributed by atoms with Gasteiger partial charge in [-0.25, -0.2) is 0 Å². The minimum atomic E-state index is -0.857. The van der Waals surface area contributed by atoms with E-state index in [2.05, 4.69) is 32.6 Å². The first-order valence-corrected chi connectivity index (χ1v) is 8.15. The van der Waals surface area contributed by atoms with Crippen molar-refractivity contribution < 1.29 is 23.5 Å². The van der Waals surface area contributed by atoms with Crippen molar-refractivity contribution in [2.45, 2.75) is 31.2 Å². The second kappa shape index (κ2) is 7.97. The van der Waals surface area contributed by atoms with Gasteiger partial charge in [-0.15, -0.1) is 0 Å². The zero-order valence-electron chi connectivity index (χ0n) is 12.8. The van der Waals surface area contributed by atoms with Crippen LogP contribution in [0.1, 0.15) is 36.2 Å². The molecule has 2 N–H and O–H groups in total. The van der Waals surface area contributed by atoms with E-state index in [4.69, 9.17) is 14.4 Å². The Kier molecular flexibility index (Phi) is 5.98. The molecule has 0 atom stereocenters. The predicted molar refractivity (Wildman–Crippen MR) is 84.7 cm³/mol. The van der Waals surface area contributed by atoms with Gasteiger partial charge in [-0.3, -0.25) is 14.4 Å². The second-order valence-corrected chi connectivity index (χ2v) is 6.18. The fourth-order valence-electron chi connectivity index (χ4n) is 2.42. The van der Waals surface area contributed by atoms with E-state index in [-0.39, 0.29) is 5.76 Å². The number of hydrogen-bond donors (Lipinski definition) is 2. The van der Waals surface area contributed by atoms with Crippen molar-refractivity contribution in [2.24, 2.45) is 0 Å². The lowest BCUT2D eigenvalue weighted by Crippen LogP contribution is -2.47. The number of nitrogens with one attached hydrogen (secondary N) is 2. The van der Waals surface area contributed by atoms with E-state index in [0.29, 0.717) is 17.5 Å². The quantitative estimate of drug-likeness (QED) is 0.696. The Morgan fingerprint density at radius 2 is 2.04 bits per heavy atom. The molecule has 0 aliphatic heterocycles. The van der Waals surface area contributed by atoms with Gasteiger partial charge in [-0.2, -0.15) is 5.26 Å².